The molecule has 0 aliphatic heterocycles. The van der Waals surface area contributed by atoms with Gasteiger partial charge in [-0.25, -0.2) is 12.8 Å². The second kappa shape index (κ2) is 5.95. The van der Waals surface area contributed by atoms with E-state index in [1.165, 1.54) is 19.1 Å². The SMILES string of the molecule is CCS(=O)(=O)CCNC(=O)c1ccc(C)cc1F. The normalized spacial score (nSPS) is 11.3. The van der Waals surface area contributed by atoms with Crippen molar-refractivity contribution in [1.82, 2.24) is 5.32 Å². The van der Waals surface area contributed by atoms with E-state index < -0.39 is 21.6 Å². The third-order valence-corrected chi connectivity index (χ3v) is 4.21. The Morgan fingerprint density at radius 1 is 1.39 bits per heavy atom. The summed E-state index contributed by atoms with van der Waals surface area (Å²) in [5.41, 5.74) is 0.645. The van der Waals surface area contributed by atoms with Gasteiger partial charge < -0.3 is 5.32 Å². The molecule has 18 heavy (non-hydrogen) atoms. The van der Waals surface area contributed by atoms with E-state index in [-0.39, 0.29) is 23.6 Å². The molecule has 0 bridgehead atoms. The highest BCUT2D eigenvalue weighted by atomic mass is 32.2. The van der Waals surface area contributed by atoms with Crippen LogP contribution in [0.25, 0.3) is 0 Å². The lowest BCUT2D eigenvalue weighted by atomic mass is 10.1. The summed E-state index contributed by atoms with van der Waals surface area (Å²) in [6.45, 7) is 3.25. The lowest BCUT2D eigenvalue weighted by Crippen LogP contribution is -2.30. The summed E-state index contributed by atoms with van der Waals surface area (Å²) in [6, 6.07) is 4.27. The number of aryl methyl sites for hydroxylation is 1. The van der Waals surface area contributed by atoms with Gasteiger partial charge in [-0.05, 0) is 24.6 Å². The highest BCUT2D eigenvalue weighted by Crippen LogP contribution is 2.09. The van der Waals surface area contributed by atoms with Crippen molar-refractivity contribution in [1.29, 1.82) is 0 Å². The Morgan fingerprint density at radius 3 is 2.61 bits per heavy atom. The van der Waals surface area contributed by atoms with E-state index in [1.54, 1.807) is 13.0 Å². The van der Waals surface area contributed by atoms with Crippen LogP contribution in [0.2, 0.25) is 0 Å². The molecule has 0 aromatic heterocycles. The van der Waals surface area contributed by atoms with Gasteiger partial charge in [0.2, 0.25) is 0 Å². The lowest BCUT2D eigenvalue weighted by molar-refractivity contribution is 0.0952. The van der Waals surface area contributed by atoms with Crippen molar-refractivity contribution >= 4 is 15.7 Å². The molecule has 4 nitrogen and oxygen atoms in total. The van der Waals surface area contributed by atoms with Gasteiger partial charge in [0.15, 0.2) is 9.84 Å². The molecule has 1 aromatic carbocycles. The van der Waals surface area contributed by atoms with E-state index in [1.807, 2.05) is 0 Å². The van der Waals surface area contributed by atoms with Crippen molar-refractivity contribution in [3.63, 3.8) is 0 Å². The Bertz CT molecular complexity index is 540. The second-order valence-electron chi connectivity index (χ2n) is 3.98. The minimum absolute atomic E-state index is 0.0116. The zero-order valence-electron chi connectivity index (χ0n) is 10.4. The molecule has 1 amide bonds. The fourth-order valence-electron chi connectivity index (χ4n) is 1.36. The molecule has 0 saturated heterocycles. The summed E-state index contributed by atoms with van der Waals surface area (Å²) >= 11 is 0. The number of hydrogen-bond donors (Lipinski definition) is 1. The molecule has 0 spiro atoms. The van der Waals surface area contributed by atoms with Crippen LogP contribution in [0.3, 0.4) is 0 Å². The topological polar surface area (TPSA) is 63.2 Å². The van der Waals surface area contributed by atoms with Crippen LogP contribution in [0.15, 0.2) is 18.2 Å². The monoisotopic (exact) mass is 273 g/mol. The highest BCUT2D eigenvalue weighted by Gasteiger charge is 2.13. The largest absolute Gasteiger partial charge is 0.351 e. The molecule has 1 N–H and O–H groups in total. The standard InChI is InChI=1S/C12H16FNO3S/c1-3-18(16,17)7-6-14-12(15)10-5-4-9(2)8-11(10)13/h4-5,8H,3,6-7H2,1-2H3,(H,14,15). The van der Waals surface area contributed by atoms with Crippen LogP contribution in [0.1, 0.15) is 22.8 Å². The summed E-state index contributed by atoms with van der Waals surface area (Å²) in [4.78, 5) is 11.6. The van der Waals surface area contributed by atoms with E-state index in [0.717, 1.165) is 5.56 Å². The van der Waals surface area contributed by atoms with E-state index >= 15 is 0 Å². The van der Waals surface area contributed by atoms with Gasteiger partial charge in [0.25, 0.3) is 5.91 Å². The van der Waals surface area contributed by atoms with Gasteiger partial charge in [0.1, 0.15) is 5.82 Å². The minimum atomic E-state index is -3.12. The van der Waals surface area contributed by atoms with E-state index in [4.69, 9.17) is 0 Å². The van der Waals surface area contributed by atoms with E-state index in [0.29, 0.717) is 0 Å². The van der Waals surface area contributed by atoms with Crippen LogP contribution in [0.4, 0.5) is 4.39 Å². The summed E-state index contributed by atoms with van der Waals surface area (Å²) in [5, 5.41) is 2.39. The summed E-state index contributed by atoms with van der Waals surface area (Å²) in [7, 11) is -3.12. The van der Waals surface area contributed by atoms with Crippen LogP contribution in [-0.2, 0) is 9.84 Å². The lowest BCUT2D eigenvalue weighted by Gasteiger charge is -2.06. The first-order valence-electron chi connectivity index (χ1n) is 5.60. The molecule has 0 radical (unpaired) electrons. The first kappa shape index (κ1) is 14.6. The van der Waals surface area contributed by atoms with Gasteiger partial charge >= 0.3 is 0 Å². The van der Waals surface area contributed by atoms with Crippen LogP contribution in [-0.4, -0.2) is 32.4 Å². The summed E-state index contributed by atoms with van der Waals surface area (Å²) < 4.78 is 35.9. The zero-order valence-corrected chi connectivity index (χ0v) is 11.2. The average molecular weight is 273 g/mol. The predicted octanol–water partition coefficient (Wildman–Crippen LogP) is 1.30. The third-order valence-electron chi connectivity index (χ3n) is 2.51. The minimum Gasteiger partial charge on any atom is -0.351 e. The number of benzene rings is 1. The number of carbonyl (C=O) groups is 1. The molecule has 100 valence electrons. The molecule has 0 heterocycles. The van der Waals surface area contributed by atoms with Crippen LogP contribution < -0.4 is 5.32 Å². The molecule has 0 fully saturated rings. The van der Waals surface area contributed by atoms with Gasteiger partial charge in [-0.3, -0.25) is 4.79 Å². The quantitative estimate of drug-likeness (QED) is 0.879. The van der Waals surface area contributed by atoms with Crippen molar-refractivity contribution in [2.24, 2.45) is 0 Å². The molecule has 1 rings (SSSR count). The zero-order chi connectivity index (χ0) is 13.8. The number of nitrogens with one attached hydrogen (secondary N) is 1. The van der Waals surface area contributed by atoms with Crippen molar-refractivity contribution < 1.29 is 17.6 Å². The van der Waals surface area contributed by atoms with Crippen LogP contribution in [0, 0.1) is 12.7 Å². The molecule has 1 aromatic rings. The molecule has 0 atom stereocenters. The van der Waals surface area contributed by atoms with Gasteiger partial charge in [0.05, 0.1) is 11.3 Å². The number of hydrogen-bond acceptors (Lipinski definition) is 3. The maximum Gasteiger partial charge on any atom is 0.254 e. The highest BCUT2D eigenvalue weighted by molar-refractivity contribution is 7.91. The molecule has 0 aliphatic rings. The smallest absolute Gasteiger partial charge is 0.254 e. The predicted molar refractivity (Wildman–Crippen MR) is 67.8 cm³/mol. The molecule has 0 unspecified atom stereocenters. The van der Waals surface area contributed by atoms with Crippen molar-refractivity contribution in [2.75, 3.05) is 18.1 Å². The van der Waals surface area contributed by atoms with Crippen molar-refractivity contribution in [2.45, 2.75) is 13.8 Å². The Hall–Kier alpha value is -1.43. The van der Waals surface area contributed by atoms with Gasteiger partial charge in [0, 0.05) is 12.3 Å². The van der Waals surface area contributed by atoms with E-state index in [9.17, 15) is 17.6 Å². The Kier molecular flexibility index (Phi) is 4.84. The molecular weight excluding hydrogens is 257 g/mol. The van der Waals surface area contributed by atoms with Gasteiger partial charge in [-0.2, -0.15) is 0 Å². The fraction of sp³-hybridized carbons (Fsp3) is 0.417. The fourth-order valence-corrected chi connectivity index (χ4v) is 2.07. The number of halogens is 1. The second-order valence-corrected chi connectivity index (χ2v) is 6.45. The Balaban J connectivity index is 2.61. The van der Waals surface area contributed by atoms with Crippen LogP contribution >= 0.6 is 0 Å². The Labute approximate surface area is 106 Å². The molecule has 0 saturated carbocycles. The van der Waals surface area contributed by atoms with Crippen molar-refractivity contribution in [3.8, 4) is 0 Å². The molecule has 0 aliphatic carbocycles. The van der Waals surface area contributed by atoms with Gasteiger partial charge in [-0.15, -0.1) is 0 Å². The van der Waals surface area contributed by atoms with Crippen LogP contribution in [0.5, 0.6) is 0 Å². The van der Waals surface area contributed by atoms with Gasteiger partial charge in [-0.1, -0.05) is 13.0 Å². The first-order chi connectivity index (χ1) is 8.35. The number of amides is 1. The maximum atomic E-state index is 13.4. The van der Waals surface area contributed by atoms with Crippen molar-refractivity contribution in [3.05, 3.63) is 35.1 Å². The number of rotatable bonds is 5. The maximum absolute atomic E-state index is 13.4. The average Bonchev–Trinajstić information content (AvgIpc) is 2.28. The number of sulfone groups is 1. The first-order valence-corrected chi connectivity index (χ1v) is 7.42. The third kappa shape index (κ3) is 4.10. The summed E-state index contributed by atoms with van der Waals surface area (Å²) in [6.07, 6.45) is 0. The summed E-state index contributed by atoms with van der Waals surface area (Å²) in [5.74, 6) is -1.31. The van der Waals surface area contributed by atoms with E-state index in [2.05, 4.69) is 5.32 Å². The number of carbonyl (C=O) groups excluding carboxylic acids is 1. The Morgan fingerprint density at radius 2 is 2.06 bits per heavy atom. The molecule has 6 heteroatoms. The molecular formula is C12H16FNO3S.